The molecule has 11 heavy (non-hydrogen) atoms. The molecule has 0 aliphatic carbocycles. The second kappa shape index (κ2) is 3.48. The molecule has 0 bridgehead atoms. The fourth-order valence-corrected chi connectivity index (χ4v) is 0.986. The molecular weight excluding hydrogens is 160 g/mol. The highest BCUT2D eigenvalue weighted by Gasteiger charge is 2.07. The maximum absolute atomic E-state index is 11.0. The number of thiol groups is 1. The van der Waals surface area contributed by atoms with Gasteiger partial charge in [0.05, 0.1) is 11.4 Å². The summed E-state index contributed by atoms with van der Waals surface area (Å²) >= 11 is 3.88. The van der Waals surface area contributed by atoms with Crippen LogP contribution in [0.5, 0.6) is 0 Å². The van der Waals surface area contributed by atoms with Gasteiger partial charge in [0.25, 0.3) is 0 Å². The Hall–Kier alpha value is -0.900. The highest BCUT2D eigenvalue weighted by atomic mass is 32.1. The van der Waals surface area contributed by atoms with Gasteiger partial charge in [-0.1, -0.05) is 0 Å². The Morgan fingerprint density at radius 1 is 1.82 bits per heavy atom. The first-order valence-corrected chi connectivity index (χ1v) is 3.89. The minimum absolute atomic E-state index is 0.00654. The number of rotatable bonds is 2. The topological polar surface area (TPSA) is 36.1 Å². The molecule has 1 rings (SSSR count). The van der Waals surface area contributed by atoms with Crippen LogP contribution in [-0.2, 0) is 4.79 Å². The number of anilines is 1. The van der Waals surface area contributed by atoms with Crippen LogP contribution in [0.15, 0.2) is 18.5 Å². The van der Waals surface area contributed by atoms with Crippen LogP contribution >= 0.6 is 12.6 Å². The van der Waals surface area contributed by atoms with Crippen LogP contribution in [0.1, 0.15) is 0 Å². The number of aromatic amines is 1. The third-order valence-electron chi connectivity index (χ3n) is 1.48. The highest BCUT2D eigenvalue weighted by Crippen LogP contribution is 2.09. The summed E-state index contributed by atoms with van der Waals surface area (Å²) in [6.45, 7) is 0. The Balaban J connectivity index is 2.70. The predicted molar refractivity (Wildman–Crippen MR) is 48.1 cm³/mol. The van der Waals surface area contributed by atoms with E-state index in [1.165, 1.54) is 0 Å². The average molecular weight is 170 g/mol. The van der Waals surface area contributed by atoms with Gasteiger partial charge in [0.2, 0.25) is 5.91 Å². The van der Waals surface area contributed by atoms with Crippen molar-refractivity contribution in [3.8, 4) is 0 Å². The second-order valence-electron chi connectivity index (χ2n) is 2.18. The van der Waals surface area contributed by atoms with Crippen LogP contribution < -0.4 is 4.90 Å². The van der Waals surface area contributed by atoms with Crippen LogP contribution in [0.4, 0.5) is 5.69 Å². The summed E-state index contributed by atoms with van der Waals surface area (Å²) in [5, 5.41) is 0. The van der Waals surface area contributed by atoms with E-state index in [2.05, 4.69) is 17.6 Å². The van der Waals surface area contributed by atoms with Crippen molar-refractivity contribution in [2.45, 2.75) is 0 Å². The Kier molecular flexibility index (Phi) is 2.59. The molecule has 0 atom stereocenters. The molecule has 0 spiro atoms. The van der Waals surface area contributed by atoms with Gasteiger partial charge in [-0.25, -0.2) is 0 Å². The summed E-state index contributed by atoms with van der Waals surface area (Å²) in [5.41, 5.74) is 0.865. The Morgan fingerprint density at radius 2 is 2.55 bits per heavy atom. The fourth-order valence-electron chi connectivity index (χ4n) is 0.774. The van der Waals surface area contributed by atoms with Gasteiger partial charge in [0.15, 0.2) is 0 Å². The van der Waals surface area contributed by atoms with E-state index in [1.807, 2.05) is 6.07 Å². The quantitative estimate of drug-likeness (QED) is 0.636. The van der Waals surface area contributed by atoms with E-state index in [-0.39, 0.29) is 11.7 Å². The zero-order valence-corrected chi connectivity index (χ0v) is 7.14. The molecule has 1 heterocycles. The van der Waals surface area contributed by atoms with Gasteiger partial charge in [0, 0.05) is 19.4 Å². The predicted octanol–water partition coefficient (Wildman–Crippen LogP) is 0.907. The van der Waals surface area contributed by atoms with Crippen molar-refractivity contribution in [2.75, 3.05) is 17.7 Å². The molecule has 1 aromatic rings. The number of carbonyl (C=O) groups excluding carboxylic acids is 1. The summed E-state index contributed by atoms with van der Waals surface area (Å²) in [7, 11) is 1.72. The Morgan fingerprint density at radius 3 is 3.00 bits per heavy atom. The molecule has 0 aliphatic rings. The molecule has 1 aromatic heterocycles. The lowest BCUT2D eigenvalue weighted by Gasteiger charge is -2.12. The first kappa shape index (κ1) is 8.20. The van der Waals surface area contributed by atoms with E-state index in [9.17, 15) is 4.79 Å². The Bertz CT molecular complexity index is 233. The van der Waals surface area contributed by atoms with Gasteiger partial charge in [-0.2, -0.15) is 12.6 Å². The molecule has 0 saturated heterocycles. The summed E-state index contributed by atoms with van der Waals surface area (Å²) in [5.74, 6) is 0.231. The lowest BCUT2D eigenvalue weighted by Crippen LogP contribution is -2.26. The monoisotopic (exact) mass is 170 g/mol. The number of amides is 1. The van der Waals surface area contributed by atoms with Gasteiger partial charge in [-0.3, -0.25) is 4.79 Å². The van der Waals surface area contributed by atoms with Gasteiger partial charge < -0.3 is 9.88 Å². The maximum Gasteiger partial charge on any atom is 0.236 e. The molecule has 4 heteroatoms. The van der Waals surface area contributed by atoms with Crippen molar-refractivity contribution in [2.24, 2.45) is 0 Å². The number of carbonyl (C=O) groups is 1. The summed E-state index contributed by atoms with van der Waals surface area (Å²) in [6.07, 6.45) is 3.54. The minimum Gasteiger partial charge on any atom is -0.366 e. The summed E-state index contributed by atoms with van der Waals surface area (Å²) in [6, 6.07) is 1.83. The first-order chi connectivity index (χ1) is 5.25. The van der Waals surface area contributed by atoms with Crippen molar-refractivity contribution in [3.63, 3.8) is 0 Å². The molecule has 3 nitrogen and oxygen atoms in total. The second-order valence-corrected chi connectivity index (χ2v) is 2.50. The van der Waals surface area contributed by atoms with E-state index >= 15 is 0 Å². The molecule has 60 valence electrons. The summed E-state index contributed by atoms with van der Waals surface area (Å²) in [4.78, 5) is 15.5. The van der Waals surface area contributed by atoms with Crippen molar-refractivity contribution in [1.82, 2.24) is 4.98 Å². The van der Waals surface area contributed by atoms with Crippen molar-refractivity contribution >= 4 is 24.2 Å². The van der Waals surface area contributed by atoms with Crippen molar-refractivity contribution < 1.29 is 4.79 Å². The van der Waals surface area contributed by atoms with E-state index in [0.717, 1.165) is 5.69 Å². The molecule has 0 radical (unpaired) electrons. The molecule has 1 amide bonds. The van der Waals surface area contributed by atoms with Gasteiger partial charge >= 0.3 is 0 Å². The highest BCUT2D eigenvalue weighted by molar-refractivity contribution is 7.81. The first-order valence-electron chi connectivity index (χ1n) is 3.26. The number of nitrogens with one attached hydrogen (secondary N) is 1. The Labute approximate surface area is 70.8 Å². The number of nitrogens with zero attached hydrogens (tertiary/aromatic N) is 1. The molecule has 0 unspecified atom stereocenters. The van der Waals surface area contributed by atoms with E-state index in [0.29, 0.717) is 0 Å². The summed E-state index contributed by atoms with van der Waals surface area (Å²) < 4.78 is 0. The average Bonchev–Trinajstić information content (AvgIpc) is 2.53. The SMILES string of the molecule is CN(C(=O)CS)c1cc[nH]c1. The molecule has 0 aliphatic heterocycles. The number of aromatic nitrogens is 1. The zero-order valence-electron chi connectivity index (χ0n) is 6.24. The number of hydrogen-bond acceptors (Lipinski definition) is 2. The van der Waals surface area contributed by atoms with Crippen molar-refractivity contribution in [3.05, 3.63) is 18.5 Å². The molecular formula is C7H10N2OS. The molecule has 1 N–H and O–H groups in total. The fraction of sp³-hybridized carbons (Fsp3) is 0.286. The van der Waals surface area contributed by atoms with E-state index < -0.39 is 0 Å². The van der Waals surface area contributed by atoms with Gasteiger partial charge in [-0.05, 0) is 6.07 Å². The third kappa shape index (κ3) is 1.77. The van der Waals surface area contributed by atoms with Crippen LogP contribution in [0.2, 0.25) is 0 Å². The van der Waals surface area contributed by atoms with Crippen LogP contribution in [0.3, 0.4) is 0 Å². The number of hydrogen-bond donors (Lipinski definition) is 2. The lowest BCUT2D eigenvalue weighted by molar-refractivity contribution is -0.115. The molecule has 0 saturated carbocycles. The van der Waals surface area contributed by atoms with Crippen molar-refractivity contribution in [1.29, 1.82) is 0 Å². The molecule has 0 aromatic carbocycles. The minimum atomic E-state index is -0.00654. The van der Waals surface area contributed by atoms with E-state index in [1.54, 1.807) is 24.3 Å². The van der Waals surface area contributed by atoms with Crippen LogP contribution in [-0.4, -0.2) is 23.7 Å². The molecule has 0 fully saturated rings. The van der Waals surface area contributed by atoms with Gasteiger partial charge in [0.1, 0.15) is 0 Å². The van der Waals surface area contributed by atoms with E-state index in [4.69, 9.17) is 0 Å². The zero-order chi connectivity index (χ0) is 8.27. The number of H-pyrrole nitrogens is 1. The standard InChI is InChI=1S/C7H10N2OS/c1-9(7(10)5-11)6-2-3-8-4-6/h2-4,8,11H,5H2,1H3. The normalized spacial score (nSPS) is 9.64. The van der Waals surface area contributed by atoms with Gasteiger partial charge in [-0.15, -0.1) is 0 Å². The maximum atomic E-state index is 11.0. The largest absolute Gasteiger partial charge is 0.366 e. The lowest BCUT2D eigenvalue weighted by atomic mass is 10.4. The van der Waals surface area contributed by atoms with Crippen LogP contribution in [0.25, 0.3) is 0 Å². The smallest absolute Gasteiger partial charge is 0.236 e. The van der Waals surface area contributed by atoms with Crippen LogP contribution in [0, 0.1) is 0 Å². The third-order valence-corrected chi connectivity index (χ3v) is 1.75.